The van der Waals surface area contributed by atoms with Gasteiger partial charge in [0.2, 0.25) is 0 Å². The van der Waals surface area contributed by atoms with Crippen molar-refractivity contribution in [2.75, 3.05) is 20.6 Å². The Morgan fingerprint density at radius 1 is 1.44 bits per heavy atom. The Morgan fingerprint density at radius 3 is 2.78 bits per heavy atom. The molecule has 0 radical (unpaired) electrons. The Kier molecular flexibility index (Phi) is 4.40. The number of hydrogen-bond donors (Lipinski definition) is 1. The molecule has 1 saturated carbocycles. The number of imidazole rings is 1. The van der Waals surface area contributed by atoms with Crippen LogP contribution in [0.1, 0.15) is 38.3 Å². The average Bonchev–Trinajstić information content (AvgIpc) is 2.71. The van der Waals surface area contributed by atoms with Crippen LogP contribution in [0.2, 0.25) is 0 Å². The highest BCUT2D eigenvalue weighted by Gasteiger charge is 2.39. The molecule has 1 N–H and O–H groups in total. The summed E-state index contributed by atoms with van der Waals surface area (Å²) in [6.45, 7) is 5.27. The van der Waals surface area contributed by atoms with E-state index < -0.39 is 0 Å². The van der Waals surface area contributed by atoms with Crippen molar-refractivity contribution in [1.29, 1.82) is 0 Å². The summed E-state index contributed by atoms with van der Waals surface area (Å²) in [4.78, 5) is 6.70. The van der Waals surface area contributed by atoms with E-state index in [0.717, 1.165) is 19.6 Å². The molecule has 1 aromatic heterocycles. The molecule has 4 heteroatoms. The Balaban J connectivity index is 1.98. The topological polar surface area (TPSA) is 33.1 Å². The molecule has 102 valence electrons. The van der Waals surface area contributed by atoms with E-state index in [1.54, 1.807) is 0 Å². The lowest BCUT2D eigenvalue weighted by molar-refractivity contribution is 0.0416. The Hall–Kier alpha value is -0.870. The largest absolute Gasteiger partial charge is 0.332 e. The highest BCUT2D eigenvalue weighted by molar-refractivity contribution is 5.03. The van der Waals surface area contributed by atoms with E-state index >= 15 is 0 Å². The first kappa shape index (κ1) is 13.6. The van der Waals surface area contributed by atoms with Gasteiger partial charge >= 0.3 is 0 Å². The monoisotopic (exact) mass is 250 g/mol. The third-order valence-electron chi connectivity index (χ3n) is 4.23. The lowest BCUT2D eigenvalue weighted by Gasteiger charge is -2.47. The zero-order valence-electron chi connectivity index (χ0n) is 11.9. The summed E-state index contributed by atoms with van der Waals surface area (Å²) in [5, 5.41) is 3.45. The van der Waals surface area contributed by atoms with Crippen LogP contribution in [0, 0.1) is 0 Å². The molecule has 1 fully saturated rings. The van der Waals surface area contributed by atoms with Crippen molar-refractivity contribution in [2.24, 2.45) is 0 Å². The zero-order valence-corrected chi connectivity index (χ0v) is 11.9. The van der Waals surface area contributed by atoms with E-state index in [2.05, 4.69) is 40.8 Å². The molecule has 1 heterocycles. The maximum Gasteiger partial charge on any atom is 0.0949 e. The van der Waals surface area contributed by atoms with Gasteiger partial charge in [-0.3, -0.25) is 0 Å². The molecule has 1 aliphatic rings. The minimum Gasteiger partial charge on any atom is -0.332 e. The first-order chi connectivity index (χ1) is 8.68. The number of likely N-dealkylation sites (N-methyl/N-ethyl adjacent to an activating group) is 1. The zero-order chi connectivity index (χ0) is 13.0. The van der Waals surface area contributed by atoms with E-state index in [9.17, 15) is 0 Å². The van der Waals surface area contributed by atoms with E-state index in [1.165, 1.54) is 31.4 Å². The van der Waals surface area contributed by atoms with Crippen LogP contribution in [0.15, 0.2) is 12.5 Å². The first-order valence-electron chi connectivity index (χ1n) is 7.05. The second-order valence-electron chi connectivity index (χ2n) is 5.66. The molecule has 0 aliphatic heterocycles. The van der Waals surface area contributed by atoms with Gasteiger partial charge in [-0.25, -0.2) is 4.98 Å². The molecule has 0 atom stereocenters. The van der Waals surface area contributed by atoms with E-state index in [0.29, 0.717) is 5.54 Å². The maximum absolute atomic E-state index is 4.31. The lowest BCUT2D eigenvalue weighted by Crippen LogP contribution is -2.53. The Bertz CT molecular complexity index is 366. The first-order valence-corrected chi connectivity index (χ1v) is 7.05. The normalized spacial score (nSPS) is 18.0. The van der Waals surface area contributed by atoms with Gasteiger partial charge in [-0.1, -0.05) is 6.92 Å². The maximum atomic E-state index is 4.31. The minimum absolute atomic E-state index is 0.361. The number of nitrogens with zero attached hydrogens (tertiary/aromatic N) is 3. The molecule has 0 unspecified atom stereocenters. The molecule has 4 nitrogen and oxygen atoms in total. The molecule has 0 aromatic carbocycles. The van der Waals surface area contributed by atoms with Crippen LogP contribution in [0.5, 0.6) is 0 Å². The summed E-state index contributed by atoms with van der Waals surface area (Å²) < 4.78 is 2.32. The molecule has 18 heavy (non-hydrogen) atoms. The van der Waals surface area contributed by atoms with Crippen molar-refractivity contribution in [3.05, 3.63) is 18.2 Å². The molecule has 1 aliphatic carbocycles. The van der Waals surface area contributed by atoms with Crippen LogP contribution in [-0.2, 0) is 13.1 Å². The van der Waals surface area contributed by atoms with Gasteiger partial charge in [0, 0.05) is 24.8 Å². The van der Waals surface area contributed by atoms with Crippen molar-refractivity contribution >= 4 is 0 Å². The predicted molar refractivity (Wildman–Crippen MR) is 74.5 cm³/mol. The molecule has 0 bridgehead atoms. The van der Waals surface area contributed by atoms with Crippen LogP contribution >= 0.6 is 0 Å². The molecule has 0 saturated heterocycles. The second-order valence-corrected chi connectivity index (χ2v) is 5.66. The van der Waals surface area contributed by atoms with Gasteiger partial charge in [0.25, 0.3) is 0 Å². The molecule has 1 aromatic rings. The van der Waals surface area contributed by atoms with Crippen LogP contribution in [0.25, 0.3) is 0 Å². The lowest BCUT2D eigenvalue weighted by atomic mass is 9.75. The smallest absolute Gasteiger partial charge is 0.0949 e. The summed E-state index contributed by atoms with van der Waals surface area (Å²) in [5.74, 6) is 0. The van der Waals surface area contributed by atoms with Gasteiger partial charge in [0.15, 0.2) is 0 Å². The summed E-state index contributed by atoms with van der Waals surface area (Å²) in [7, 11) is 4.40. The van der Waals surface area contributed by atoms with Crippen molar-refractivity contribution in [3.8, 4) is 0 Å². The van der Waals surface area contributed by atoms with Crippen LogP contribution < -0.4 is 5.32 Å². The van der Waals surface area contributed by atoms with E-state index in [1.807, 2.05) is 12.5 Å². The Morgan fingerprint density at radius 2 is 2.22 bits per heavy atom. The van der Waals surface area contributed by atoms with Gasteiger partial charge in [0.1, 0.15) is 0 Å². The Labute approximate surface area is 110 Å². The van der Waals surface area contributed by atoms with E-state index in [4.69, 9.17) is 0 Å². The fourth-order valence-corrected chi connectivity index (χ4v) is 2.68. The average molecular weight is 250 g/mol. The van der Waals surface area contributed by atoms with Gasteiger partial charge < -0.3 is 14.8 Å². The SMILES string of the molecule is CCCNCc1cncn1CC1(N(C)C)CCC1. The van der Waals surface area contributed by atoms with Crippen molar-refractivity contribution in [2.45, 2.75) is 51.2 Å². The molecular weight excluding hydrogens is 224 g/mol. The van der Waals surface area contributed by atoms with Crippen molar-refractivity contribution in [3.63, 3.8) is 0 Å². The standard InChI is InChI=1S/C14H26N4/c1-4-8-15-9-13-10-16-12-18(13)11-14(17(2)3)6-5-7-14/h10,12,15H,4-9,11H2,1-3H3. The highest BCUT2D eigenvalue weighted by Crippen LogP contribution is 2.37. The molecule has 2 rings (SSSR count). The van der Waals surface area contributed by atoms with Crippen molar-refractivity contribution < 1.29 is 0 Å². The van der Waals surface area contributed by atoms with Gasteiger partial charge in [-0.15, -0.1) is 0 Å². The number of rotatable bonds is 7. The number of hydrogen-bond acceptors (Lipinski definition) is 3. The van der Waals surface area contributed by atoms with Gasteiger partial charge in [-0.05, 0) is 46.3 Å². The number of nitrogens with one attached hydrogen (secondary N) is 1. The molecule has 0 spiro atoms. The number of aromatic nitrogens is 2. The fraction of sp³-hybridized carbons (Fsp3) is 0.786. The quantitative estimate of drug-likeness (QED) is 0.750. The summed E-state index contributed by atoms with van der Waals surface area (Å²) in [6, 6.07) is 0. The van der Waals surface area contributed by atoms with E-state index in [-0.39, 0.29) is 0 Å². The van der Waals surface area contributed by atoms with Crippen LogP contribution in [-0.4, -0.2) is 40.6 Å². The summed E-state index contributed by atoms with van der Waals surface area (Å²) in [5.41, 5.74) is 1.66. The summed E-state index contributed by atoms with van der Waals surface area (Å²) in [6.07, 6.45) is 9.11. The third kappa shape index (κ3) is 2.75. The van der Waals surface area contributed by atoms with Crippen LogP contribution in [0.4, 0.5) is 0 Å². The van der Waals surface area contributed by atoms with Crippen molar-refractivity contribution in [1.82, 2.24) is 19.8 Å². The third-order valence-corrected chi connectivity index (χ3v) is 4.23. The summed E-state index contributed by atoms with van der Waals surface area (Å²) >= 11 is 0. The predicted octanol–water partition coefficient (Wildman–Crippen LogP) is 1.87. The van der Waals surface area contributed by atoms with Gasteiger partial charge in [-0.2, -0.15) is 0 Å². The fourth-order valence-electron chi connectivity index (χ4n) is 2.68. The molecular formula is C14H26N4. The van der Waals surface area contributed by atoms with Gasteiger partial charge in [0.05, 0.1) is 12.0 Å². The minimum atomic E-state index is 0.361. The molecule has 0 amide bonds. The second kappa shape index (κ2) is 5.85. The highest BCUT2D eigenvalue weighted by atomic mass is 15.2. The van der Waals surface area contributed by atoms with Crippen LogP contribution in [0.3, 0.4) is 0 Å².